The predicted molar refractivity (Wildman–Crippen MR) is 110 cm³/mol. The van der Waals surface area contributed by atoms with E-state index in [0.29, 0.717) is 27.4 Å². The molecule has 0 radical (unpaired) electrons. The Bertz CT molecular complexity index is 1020. The zero-order valence-electron chi connectivity index (χ0n) is 15.1. The van der Waals surface area contributed by atoms with Gasteiger partial charge in [0.15, 0.2) is 12.4 Å². The van der Waals surface area contributed by atoms with Crippen molar-refractivity contribution in [2.75, 3.05) is 6.61 Å². The summed E-state index contributed by atoms with van der Waals surface area (Å²) in [4.78, 5) is 11.7. The van der Waals surface area contributed by atoms with Gasteiger partial charge in [0.25, 0.3) is 0 Å². The van der Waals surface area contributed by atoms with E-state index in [9.17, 15) is 4.79 Å². The lowest BCUT2D eigenvalue weighted by Gasteiger charge is -2.09. The van der Waals surface area contributed by atoms with Crippen LogP contribution in [0.5, 0.6) is 5.75 Å². The lowest BCUT2D eigenvalue weighted by molar-refractivity contribution is -0.139. The minimum absolute atomic E-state index is 0.357. The SMILES string of the molecule is Cc1cc(SCc2nnc(-c3ccc(Cl)c(Cl)c3)n2C)ccc1OCC(=O)O. The third-order valence-electron chi connectivity index (χ3n) is 4.01. The second-order valence-electron chi connectivity index (χ2n) is 6.03. The number of aromatic nitrogens is 3. The Labute approximate surface area is 176 Å². The quantitative estimate of drug-likeness (QED) is 0.532. The number of aliphatic carboxylic acids is 1. The summed E-state index contributed by atoms with van der Waals surface area (Å²) in [5, 5.41) is 18.2. The molecular formula is C19H17Cl2N3O3S. The smallest absolute Gasteiger partial charge is 0.341 e. The molecular weight excluding hydrogens is 421 g/mol. The number of carboxylic acid groups (broad SMARTS) is 1. The molecule has 6 nitrogen and oxygen atoms in total. The Morgan fingerprint density at radius 1 is 1.18 bits per heavy atom. The lowest BCUT2D eigenvalue weighted by atomic mass is 10.2. The number of rotatable bonds is 7. The van der Waals surface area contributed by atoms with Crippen molar-refractivity contribution < 1.29 is 14.6 Å². The summed E-state index contributed by atoms with van der Waals surface area (Å²) < 4.78 is 7.17. The Hall–Kier alpha value is -2.22. The van der Waals surface area contributed by atoms with Crippen molar-refractivity contribution >= 4 is 40.9 Å². The number of carbonyl (C=O) groups is 1. The fourth-order valence-corrected chi connectivity index (χ4v) is 3.80. The van der Waals surface area contributed by atoms with E-state index in [-0.39, 0.29) is 6.61 Å². The summed E-state index contributed by atoms with van der Waals surface area (Å²) >= 11 is 13.7. The standard InChI is InChI=1S/C19H17Cl2N3O3S/c1-11-7-13(4-6-16(11)27-9-18(25)26)28-10-17-22-23-19(24(17)2)12-3-5-14(20)15(21)8-12/h3-8H,9-10H2,1-2H3,(H,25,26). The molecule has 0 spiro atoms. The van der Waals surface area contributed by atoms with Crippen molar-refractivity contribution in [1.82, 2.24) is 14.8 Å². The van der Waals surface area contributed by atoms with E-state index in [4.69, 9.17) is 33.0 Å². The van der Waals surface area contributed by atoms with Gasteiger partial charge in [-0.2, -0.15) is 0 Å². The molecule has 9 heteroatoms. The Kier molecular flexibility index (Phi) is 6.49. The molecule has 0 fully saturated rings. The summed E-state index contributed by atoms with van der Waals surface area (Å²) in [7, 11) is 1.90. The van der Waals surface area contributed by atoms with E-state index in [1.54, 1.807) is 30.0 Å². The topological polar surface area (TPSA) is 77.2 Å². The molecule has 0 amide bonds. The van der Waals surface area contributed by atoms with Gasteiger partial charge in [0.2, 0.25) is 0 Å². The number of halogens is 2. The minimum Gasteiger partial charge on any atom is -0.482 e. The van der Waals surface area contributed by atoms with Gasteiger partial charge in [-0.3, -0.25) is 0 Å². The van der Waals surface area contributed by atoms with Crippen molar-refractivity contribution in [2.45, 2.75) is 17.6 Å². The van der Waals surface area contributed by atoms with Crippen LogP contribution in [0.2, 0.25) is 10.0 Å². The van der Waals surface area contributed by atoms with Crippen LogP contribution >= 0.6 is 35.0 Å². The number of benzene rings is 2. The van der Waals surface area contributed by atoms with E-state index in [1.807, 2.05) is 36.7 Å². The molecule has 146 valence electrons. The highest BCUT2D eigenvalue weighted by atomic mass is 35.5. The molecule has 28 heavy (non-hydrogen) atoms. The van der Waals surface area contributed by atoms with Gasteiger partial charge in [-0.25, -0.2) is 4.79 Å². The first-order valence-corrected chi connectivity index (χ1v) is 10.0. The van der Waals surface area contributed by atoms with Crippen LogP contribution in [-0.2, 0) is 17.6 Å². The molecule has 1 N–H and O–H groups in total. The minimum atomic E-state index is -1.00. The average Bonchev–Trinajstić information content (AvgIpc) is 3.02. The molecule has 0 saturated heterocycles. The van der Waals surface area contributed by atoms with E-state index in [1.165, 1.54) is 0 Å². The molecule has 3 rings (SSSR count). The van der Waals surface area contributed by atoms with Crippen molar-refractivity contribution in [2.24, 2.45) is 7.05 Å². The van der Waals surface area contributed by atoms with Crippen molar-refractivity contribution in [3.8, 4) is 17.1 Å². The second kappa shape index (κ2) is 8.86. The van der Waals surface area contributed by atoms with Gasteiger partial charge in [-0.15, -0.1) is 22.0 Å². The Balaban J connectivity index is 1.70. The molecule has 0 atom stereocenters. The van der Waals surface area contributed by atoms with Gasteiger partial charge in [0.1, 0.15) is 11.6 Å². The lowest BCUT2D eigenvalue weighted by Crippen LogP contribution is -2.10. The van der Waals surface area contributed by atoms with Crippen molar-refractivity contribution in [1.29, 1.82) is 0 Å². The summed E-state index contributed by atoms with van der Waals surface area (Å²) in [6.07, 6.45) is 0. The molecule has 0 unspecified atom stereocenters. The van der Waals surface area contributed by atoms with Crippen LogP contribution < -0.4 is 4.74 Å². The van der Waals surface area contributed by atoms with Gasteiger partial charge < -0.3 is 14.4 Å². The molecule has 3 aromatic rings. The number of ether oxygens (including phenoxy) is 1. The fourth-order valence-electron chi connectivity index (χ4n) is 2.53. The van der Waals surface area contributed by atoms with Crippen molar-refractivity contribution in [3.05, 3.63) is 57.8 Å². The zero-order valence-corrected chi connectivity index (χ0v) is 17.5. The first-order valence-electron chi connectivity index (χ1n) is 8.27. The maximum Gasteiger partial charge on any atom is 0.341 e. The zero-order chi connectivity index (χ0) is 20.3. The first-order chi connectivity index (χ1) is 13.3. The van der Waals surface area contributed by atoms with Crippen LogP contribution in [0.1, 0.15) is 11.4 Å². The number of carboxylic acids is 1. The largest absolute Gasteiger partial charge is 0.482 e. The van der Waals surface area contributed by atoms with E-state index < -0.39 is 5.97 Å². The summed E-state index contributed by atoms with van der Waals surface area (Å²) in [5.41, 5.74) is 1.72. The predicted octanol–water partition coefficient (Wildman–Crippen LogP) is 4.85. The van der Waals surface area contributed by atoms with Crippen LogP contribution in [0.15, 0.2) is 41.3 Å². The summed E-state index contributed by atoms with van der Waals surface area (Å²) in [5.74, 6) is 1.71. The maximum atomic E-state index is 10.6. The van der Waals surface area contributed by atoms with Gasteiger partial charge in [-0.1, -0.05) is 23.2 Å². The number of thioether (sulfide) groups is 1. The van der Waals surface area contributed by atoms with Gasteiger partial charge in [0, 0.05) is 17.5 Å². The normalized spacial score (nSPS) is 10.9. The number of nitrogens with zero attached hydrogens (tertiary/aromatic N) is 3. The van der Waals surface area contributed by atoms with E-state index in [2.05, 4.69) is 10.2 Å². The molecule has 0 aliphatic heterocycles. The van der Waals surface area contributed by atoms with E-state index in [0.717, 1.165) is 21.8 Å². The summed E-state index contributed by atoms with van der Waals surface area (Å²) in [6, 6.07) is 11.0. The van der Waals surface area contributed by atoms with Gasteiger partial charge >= 0.3 is 5.97 Å². The van der Waals surface area contributed by atoms with Crippen LogP contribution in [0.4, 0.5) is 0 Å². The van der Waals surface area contributed by atoms with Crippen LogP contribution in [0, 0.1) is 6.92 Å². The second-order valence-corrected chi connectivity index (χ2v) is 7.89. The molecule has 1 heterocycles. The van der Waals surface area contributed by atoms with Crippen LogP contribution in [-0.4, -0.2) is 32.4 Å². The van der Waals surface area contributed by atoms with Gasteiger partial charge in [0.05, 0.1) is 15.8 Å². The molecule has 0 saturated carbocycles. The van der Waals surface area contributed by atoms with Crippen LogP contribution in [0.25, 0.3) is 11.4 Å². The Morgan fingerprint density at radius 3 is 2.64 bits per heavy atom. The Morgan fingerprint density at radius 2 is 1.96 bits per heavy atom. The highest BCUT2D eigenvalue weighted by Crippen LogP contribution is 2.30. The molecule has 1 aromatic heterocycles. The highest BCUT2D eigenvalue weighted by molar-refractivity contribution is 7.98. The fraction of sp³-hybridized carbons (Fsp3) is 0.211. The number of hydrogen-bond donors (Lipinski definition) is 1. The summed E-state index contributed by atoms with van der Waals surface area (Å²) in [6.45, 7) is 1.52. The highest BCUT2D eigenvalue weighted by Gasteiger charge is 2.13. The monoisotopic (exact) mass is 437 g/mol. The first kappa shape index (κ1) is 20.5. The molecule has 0 bridgehead atoms. The third-order valence-corrected chi connectivity index (χ3v) is 5.74. The van der Waals surface area contributed by atoms with Gasteiger partial charge in [-0.05, 0) is 48.9 Å². The molecule has 2 aromatic carbocycles. The molecule has 0 aliphatic rings. The van der Waals surface area contributed by atoms with E-state index >= 15 is 0 Å². The number of aryl methyl sites for hydroxylation is 1. The maximum absolute atomic E-state index is 10.6. The average molecular weight is 438 g/mol. The van der Waals surface area contributed by atoms with Crippen molar-refractivity contribution in [3.63, 3.8) is 0 Å². The van der Waals surface area contributed by atoms with Crippen LogP contribution in [0.3, 0.4) is 0 Å². The third kappa shape index (κ3) is 4.79. The number of hydrogen-bond acceptors (Lipinski definition) is 5. The molecule has 0 aliphatic carbocycles.